The lowest BCUT2D eigenvalue weighted by atomic mass is 10.0. The van der Waals surface area contributed by atoms with Crippen molar-refractivity contribution in [3.8, 4) is 0 Å². The predicted octanol–water partition coefficient (Wildman–Crippen LogP) is 2.22. The van der Waals surface area contributed by atoms with Crippen LogP contribution >= 0.6 is 0 Å². The molecule has 0 radical (unpaired) electrons. The largest absolute Gasteiger partial charge is 0.339 e. The molecule has 148 valence electrons. The van der Waals surface area contributed by atoms with E-state index >= 15 is 0 Å². The number of nitrogens with zero attached hydrogens (tertiary/aromatic N) is 5. The molecule has 4 rings (SSSR count). The molecule has 2 aromatic rings. The SMILES string of the molecule is O=C(CCN1CCCC1Cc1ccccc1)N1CCN(c2ncccn2)CC1. The highest BCUT2D eigenvalue weighted by molar-refractivity contribution is 5.76. The van der Waals surface area contributed by atoms with Crippen LogP contribution in [0.25, 0.3) is 0 Å². The standard InChI is InChI=1S/C22H29N5O/c28-21(26-14-16-27(17-15-26)22-23-10-5-11-24-22)9-13-25-12-4-8-20(25)18-19-6-2-1-3-7-19/h1-3,5-7,10-11,20H,4,8-9,12-18H2. The molecule has 6 nitrogen and oxygen atoms in total. The number of aromatic nitrogens is 2. The highest BCUT2D eigenvalue weighted by Gasteiger charge is 2.27. The fourth-order valence-electron chi connectivity index (χ4n) is 4.31. The number of anilines is 1. The zero-order valence-electron chi connectivity index (χ0n) is 16.4. The lowest BCUT2D eigenvalue weighted by Gasteiger charge is -2.35. The number of rotatable bonds is 6. The van der Waals surface area contributed by atoms with Crippen LogP contribution in [0.3, 0.4) is 0 Å². The van der Waals surface area contributed by atoms with E-state index in [2.05, 4.69) is 50.1 Å². The van der Waals surface area contributed by atoms with Gasteiger partial charge in [0.15, 0.2) is 0 Å². The smallest absolute Gasteiger partial charge is 0.225 e. The molecule has 0 aliphatic carbocycles. The maximum atomic E-state index is 12.7. The third kappa shape index (κ3) is 4.68. The number of carbonyl (C=O) groups excluding carboxylic acids is 1. The average Bonchev–Trinajstić information content (AvgIpc) is 3.20. The van der Waals surface area contributed by atoms with Crippen LogP contribution in [0, 0.1) is 0 Å². The fraction of sp³-hybridized carbons (Fsp3) is 0.500. The van der Waals surface area contributed by atoms with E-state index in [4.69, 9.17) is 0 Å². The molecule has 1 atom stereocenters. The molecule has 2 fully saturated rings. The van der Waals surface area contributed by atoms with Crippen LogP contribution in [-0.4, -0.2) is 71.0 Å². The van der Waals surface area contributed by atoms with Crippen LogP contribution in [0.2, 0.25) is 0 Å². The molecular weight excluding hydrogens is 350 g/mol. The van der Waals surface area contributed by atoms with Crippen molar-refractivity contribution in [3.05, 3.63) is 54.4 Å². The summed E-state index contributed by atoms with van der Waals surface area (Å²) in [5.41, 5.74) is 1.39. The number of hydrogen-bond acceptors (Lipinski definition) is 5. The van der Waals surface area contributed by atoms with Gasteiger partial charge in [-0.1, -0.05) is 30.3 Å². The number of carbonyl (C=O) groups is 1. The van der Waals surface area contributed by atoms with Gasteiger partial charge >= 0.3 is 0 Å². The van der Waals surface area contributed by atoms with Crippen molar-refractivity contribution in [2.75, 3.05) is 44.2 Å². The van der Waals surface area contributed by atoms with Gasteiger partial charge < -0.3 is 9.80 Å². The summed E-state index contributed by atoms with van der Waals surface area (Å²) in [6, 6.07) is 13.1. The summed E-state index contributed by atoms with van der Waals surface area (Å²) in [6.07, 6.45) is 7.71. The molecule has 3 heterocycles. The number of amides is 1. The Morgan fingerprint density at radius 3 is 2.46 bits per heavy atom. The second-order valence-corrected chi connectivity index (χ2v) is 7.69. The Hall–Kier alpha value is -2.47. The number of likely N-dealkylation sites (tertiary alicyclic amines) is 1. The van der Waals surface area contributed by atoms with Gasteiger partial charge in [0.2, 0.25) is 11.9 Å². The van der Waals surface area contributed by atoms with Crippen molar-refractivity contribution < 1.29 is 4.79 Å². The van der Waals surface area contributed by atoms with E-state index < -0.39 is 0 Å². The first-order valence-electron chi connectivity index (χ1n) is 10.4. The number of benzene rings is 1. The second kappa shape index (κ2) is 9.15. The van der Waals surface area contributed by atoms with Crippen molar-refractivity contribution in [2.24, 2.45) is 0 Å². The topological polar surface area (TPSA) is 52.6 Å². The van der Waals surface area contributed by atoms with Crippen LogP contribution < -0.4 is 4.90 Å². The number of piperazine rings is 1. The normalized spacial score (nSPS) is 20.5. The summed E-state index contributed by atoms with van der Waals surface area (Å²) in [5, 5.41) is 0. The van der Waals surface area contributed by atoms with Gasteiger partial charge in [-0.05, 0) is 37.4 Å². The van der Waals surface area contributed by atoms with Gasteiger partial charge in [0.1, 0.15) is 0 Å². The highest BCUT2D eigenvalue weighted by atomic mass is 16.2. The summed E-state index contributed by atoms with van der Waals surface area (Å²) >= 11 is 0. The third-order valence-corrected chi connectivity index (χ3v) is 5.89. The zero-order chi connectivity index (χ0) is 19.2. The van der Waals surface area contributed by atoms with Gasteiger partial charge in [-0.15, -0.1) is 0 Å². The molecule has 6 heteroatoms. The van der Waals surface area contributed by atoms with Crippen LogP contribution in [0.4, 0.5) is 5.95 Å². The van der Waals surface area contributed by atoms with Crippen molar-refractivity contribution in [2.45, 2.75) is 31.7 Å². The van der Waals surface area contributed by atoms with Gasteiger partial charge in [-0.2, -0.15) is 0 Å². The molecule has 1 aromatic carbocycles. The Balaban J connectivity index is 1.23. The summed E-state index contributed by atoms with van der Waals surface area (Å²) in [6.45, 7) is 5.10. The molecule has 1 amide bonds. The summed E-state index contributed by atoms with van der Waals surface area (Å²) < 4.78 is 0. The minimum atomic E-state index is 0.277. The van der Waals surface area contributed by atoms with Crippen LogP contribution in [0.5, 0.6) is 0 Å². The zero-order valence-corrected chi connectivity index (χ0v) is 16.4. The van der Waals surface area contributed by atoms with Gasteiger partial charge in [-0.25, -0.2) is 9.97 Å². The van der Waals surface area contributed by atoms with E-state index in [1.165, 1.54) is 18.4 Å². The van der Waals surface area contributed by atoms with Crippen molar-refractivity contribution in [1.29, 1.82) is 0 Å². The van der Waals surface area contributed by atoms with Crippen molar-refractivity contribution in [1.82, 2.24) is 19.8 Å². The predicted molar refractivity (Wildman–Crippen MR) is 110 cm³/mol. The molecule has 2 aliphatic heterocycles. The highest BCUT2D eigenvalue weighted by Crippen LogP contribution is 2.21. The summed E-state index contributed by atoms with van der Waals surface area (Å²) in [7, 11) is 0. The van der Waals surface area contributed by atoms with E-state index in [0.717, 1.165) is 51.6 Å². The lowest BCUT2D eigenvalue weighted by Crippen LogP contribution is -2.49. The molecule has 2 saturated heterocycles. The maximum absolute atomic E-state index is 12.7. The Bertz CT molecular complexity index is 746. The molecule has 0 saturated carbocycles. The van der Waals surface area contributed by atoms with Crippen molar-refractivity contribution in [3.63, 3.8) is 0 Å². The maximum Gasteiger partial charge on any atom is 0.225 e. The van der Waals surface area contributed by atoms with E-state index in [1.807, 2.05) is 11.0 Å². The monoisotopic (exact) mass is 379 g/mol. The van der Waals surface area contributed by atoms with Crippen molar-refractivity contribution >= 4 is 11.9 Å². The Morgan fingerprint density at radius 1 is 0.964 bits per heavy atom. The molecule has 2 aliphatic rings. The summed E-state index contributed by atoms with van der Waals surface area (Å²) in [5.74, 6) is 1.04. The quantitative estimate of drug-likeness (QED) is 0.770. The van der Waals surface area contributed by atoms with Gasteiger partial charge in [0.05, 0.1) is 0 Å². The van der Waals surface area contributed by atoms with E-state index in [0.29, 0.717) is 12.5 Å². The van der Waals surface area contributed by atoms with E-state index in [9.17, 15) is 4.79 Å². The summed E-state index contributed by atoms with van der Waals surface area (Å²) in [4.78, 5) is 28.0. The van der Waals surface area contributed by atoms with Gasteiger partial charge in [0, 0.05) is 57.6 Å². The van der Waals surface area contributed by atoms with Crippen LogP contribution in [0.1, 0.15) is 24.8 Å². The molecule has 0 N–H and O–H groups in total. The Kier molecular flexibility index (Phi) is 6.17. The van der Waals surface area contributed by atoms with E-state index in [-0.39, 0.29) is 5.91 Å². The lowest BCUT2D eigenvalue weighted by molar-refractivity contribution is -0.131. The van der Waals surface area contributed by atoms with Crippen LogP contribution in [0.15, 0.2) is 48.8 Å². The van der Waals surface area contributed by atoms with Gasteiger partial charge in [0.25, 0.3) is 0 Å². The molecule has 28 heavy (non-hydrogen) atoms. The Morgan fingerprint density at radius 2 is 1.71 bits per heavy atom. The first-order chi connectivity index (χ1) is 13.8. The third-order valence-electron chi connectivity index (χ3n) is 5.89. The number of hydrogen-bond donors (Lipinski definition) is 0. The second-order valence-electron chi connectivity index (χ2n) is 7.69. The molecule has 1 unspecified atom stereocenters. The first-order valence-corrected chi connectivity index (χ1v) is 10.4. The minimum absolute atomic E-state index is 0.277. The average molecular weight is 380 g/mol. The van der Waals surface area contributed by atoms with Gasteiger partial charge in [-0.3, -0.25) is 9.69 Å². The fourth-order valence-corrected chi connectivity index (χ4v) is 4.31. The van der Waals surface area contributed by atoms with E-state index in [1.54, 1.807) is 12.4 Å². The minimum Gasteiger partial charge on any atom is -0.339 e. The molecule has 0 spiro atoms. The first kappa shape index (κ1) is 18.9. The van der Waals surface area contributed by atoms with Crippen LogP contribution in [-0.2, 0) is 11.2 Å². The molecule has 1 aromatic heterocycles. The molecule has 0 bridgehead atoms. The Labute approximate surface area is 167 Å². The molecular formula is C22H29N5O.